The van der Waals surface area contributed by atoms with E-state index in [0.717, 1.165) is 85.0 Å². The molecule has 0 unspecified atom stereocenters. The SMILES string of the molecule is Cc1[c-]c(-c2nc(C)c(C)c(C)c2C)c(C)c(C)c1C.Cc1[c-]c(-c2nc(C)c(C)c(C)c2C)c(C)c(C)c1C.Cc1[c-]c(-c2nc(C)c(C)c3c(C)c(C)c(C)c(C)c23)c(C)c(C)c1C.Cc1[c-]c(-c2nc(C)c(C)c3c(C)c(C)c(C)c(C)c23)c(C)c(C)c1C.Cc1nc(-c2[c-]c(C)c(C)c(C)c2C)n(C)n1.[CH3-].[CH3-].[CH3-].[CH3-].[CH3-].[CH3-].[Ir+3].[Ir+3].[Ir+3].[Ir]. The second-order valence-electron chi connectivity index (χ2n) is 32.3. The van der Waals surface area contributed by atoms with E-state index < -0.39 is 0 Å². The topological polar surface area (TPSA) is 82.3 Å². The maximum absolute atomic E-state index is 5.09. The molecule has 649 valence electrons. The van der Waals surface area contributed by atoms with Gasteiger partial charge in [0.2, 0.25) is 0 Å². The first-order valence-electron chi connectivity index (χ1n) is 39.1. The quantitative estimate of drug-likeness (QED) is 0.160. The number of aromatic nitrogens is 7. The summed E-state index contributed by atoms with van der Waals surface area (Å²) >= 11 is 0. The van der Waals surface area contributed by atoms with Gasteiger partial charge in [0.05, 0.1) is 5.82 Å². The number of nitrogens with zero attached hydrogens (tertiary/aromatic N) is 7. The monoisotopic (exact) mass is 2310 g/mol. The van der Waals surface area contributed by atoms with Gasteiger partial charge in [-0.15, -0.1) is 169 Å². The van der Waals surface area contributed by atoms with Gasteiger partial charge in [-0.3, -0.25) is 9.67 Å². The fourth-order valence-corrected chi connectivity index (χ4v) is 15.6. The third kappa shape index (κ3) is 22.1. The molecule has 0 N–H and O–H groups in total. The average Bonchev–Trinajstić information content (AvgIpc) is 1.31. The van der Waals surface area contributed by atoms with E-state index in [-0.39, 0.29) is 125 Å². The number of pyridine rings is 4. The molecule has 12 aromatic rings. The van der Waals surface area contributed by atoms with E-state index in [9.17, 15) is 0 Å². The number of hydrogen-bond donors (Lipinski definition) is 0. The second-order valence-corrected chi connectivity index (χ2v) is 32.3. The van der Waals surface area contributed by atoms with Crippen molar-refractivity contribution in [2.24, 2.45) is 7.05 Å². The summed E-state index contributed by atoms with van der Waals surface area (Å²) in [6.45, 7) is 89.1. The maximum Gasteiger partial charge on any atom is 3.00 e. The van der Waals surface area contributed by atoms with Gasteiger partial charge in [0.15, 0.2) is 0 Å². The van der Waals surface area contributed by atoms with E-state index in [4.69, 9.17) is 19.9 Å². The zero-order valence-corrected chi connectivity index (χ0v) is 92.0. The molecule has 0 aliphatic rings. The predicted molar refractivity (Wildman–Crippen MR) is 507 cm³/mol. The molecule has 0 aliphatic carbocycles. The number of aryl methyl sites for hydroxylation is 17. The van der Waals surface area contributed by atoms with Crippen LogP contribution < -0.4 is 0 Å². The van der Waals surface area contributed by atoms with Crippen LogP contribution in [0.25, 0.3) is 78.0 Å². The minimum atomic E-state index is 0. The van der Waals surface area contributed by atoms with Gasteiger partial charge in [-0.1, -0.05) is 161 Å². The van der Waals surface area contributed by atoms with Crippen molar-refractivity contribution in [1.82, 2.24) is 34.7 Å². The number of benzene rings is 7. The molecule has 0 saturated heterocycles. The predicted octanol–water partition coefficient (Wildman–Crippen LogP) is 29.1. The zero-order chi connectivity index (χ0) is 82.1. The van der Waals surface area contributed by atoms with Gasteiger partial charge in [-0.2, -0.15) is 5.10 Å². The van der Waals surface area contributed by atoms with E-state index >= 15 is 0 Å². The number of rotatable bonds is 5. The molecule has 0 fully saturated rings. The maximum atomic E-state index is 5.09. The van der Waals surface area contributed by atoms with Gasteiger partial charge >= 0.3 is 60.3 Å². The van der Waals surface area contributed by atoms with Crippen LogP contribution >= 0.6 is 0 Å². The van der Waals surface area contributed by atoms with Crippen LogP contribution in [-0.4, -0.2) is 34.7 Å². The van der Waals surface area contributed by atoms with E-state index in [1.165, 1.54) is 222 Å². The molecule has 0 bridgehead atoms. The third-order valence-corrected chi connectivity index (χ3v) is 26.8. The first-order chi connectivity index (χ1) is 50.6. The molecule has 5 heterocycles. The second kappa shape index (κ2) is 45.7. The third-order valence-electron chi connectivity index (χ3n) is 26.8. The number of fused-ring (bicyclic) bond motifs is 2. The van der Waals surface area contributed by atoms with Gasteiger partial charge in [0, 0.05) is 49.9 Å². The van der Waals surface area contributed by atoms with Crippen molar-refractivity contribution in [2.45, 2.75) is 284 Å². The summed E-state index contributed by atoms with van der Waals surface area (Å²) in [5, 5.41) is 9.64. The van der Waals surface area contributed by atoms with Crippen LogP contribution in [0.1, 0.15) is 229 Å². The van der Waals surface area contributed by atoms with E-state index in [1.54, 1.807) is 0 Å². The minimum absolute atomic E-state index is 0. The molecule has 0 amide bonds. The van der Waals surface area contributed by atoms with Crippen LogP contribution in [0, 0.1) is 359 Å². The summed E-state index contributed by atoms with van der Waals surface area (Å²) in [5.74, 6) is 1.69. The fourth-order valence-electron chi connectivity index (χ4n) is 15.6. The van der Waals surface area contributed by atoms with E-state index in [0.29, 0.717) is 0 Å². The Morgan fingerprint density at radius 3 is 0.605 bits per heavy atom. The largest absolute Gasteiger partial charge is 3.00 e. The van der Waals surface area contributed by atoms with Crippen molar-refractivity contribution in [1.29, 1.82) is 0 Å². The Morgan fingerprint density at radius 1 is 0.185 bits per heavy atom. The minimum Gasteiger partial charge on any atom is -0.358 e. The summed E-state index contributed by atoms with van der Waals surface area (Å²) in [7, 11) is 1.92. The molecule has 11 heteroatoms. The first-order valence-corrected chi connectivity index (χ1v) is 39.1. The molecular formula is C108H144Ir4N7-2. The van der Waals surface area contributed by atoms with Gasteiger partial charge in [-0.05, 0) is 256 Å². The summed E-state index contributed by atoms with van der Waals surface area (Å²) in [4.78, 5) is 24.3. The summed E-state index contributed by atoms with van der Waals surface area (Å²) in [5.41, 5.74) is 61.8. The Morgan fingerprint density at radius 2 is 0.370 bits per heavy atom. The van der Waals surface area contributed by atoms with E-state index in [1.807, 2.05) is 18.7 Å². The van der Waals surface area contributed by atoms with Crippen LogP contribution in [0.4, 0.5) is 0 Å². The Balaban J connectivity index is -0.00000140. The van der Waals surface area contributed by atoms with Crippen LogP contribution in [0.3, 0.4) is 0 Å². The molecular weight excluding hydrogens is 2160 g/mol. The Kier molecular flexibility index (Phi) is 44.7. The molecule has 0 saturated carbocycles. The molecule has 0 spiro atoms. The summed E-state index contributed by atoms with van der Waals surface area (Å²) in [6, 6.07) is 17.9. The Hall–Kier alpha value is -6.60. The molecule has 0 atom stereocenters. The molecule has 7 aromatic carbocycles. The molecule has 1 radical (unpaired) electrons. The average molecular weight is 2310 g/mol. The van der Waals surface area contributed by atoms with Crippen LogP contribution in [0.2, 0.25) is 0 Å². The summed E-state index contributed by atoms with van der Waals surface area (Å²) in [6.07, 6.45) is 0. The standard InChI is InChI=1S/2C25H30N.2C19H24N.C14H18N3.6CH3.4Ir/c2*1-12-11-22(17(6)14(3)13(12)2)25-24-19(8)16(5)15(4)18(7)23(24)20(9)21(10)26-25;2*1-10-9-18(15(6)12(3)11(10)2)19-16(7)13(4)14(5)17(8)20-19;1-8-7-13(11(4)10(3)9(8)2)14-15-12(5)16-17(14)6;;;;;;;;;;/h2*1-10H3;2*1-8H3;1-6H3;6*1H3;;;;/q11*-1;;3*+3. The van der Waals surface area contributed by atoms with Crippen LogP contribution in [-0.2, 0) is 87.5 Å². The Bertz CT molecular complexity index is 5320. The van der Waals surface area contributed by atoms with Gasteiger partial charge in [0.25, 0.3) is 0 Å². The summed E-state index contributed by atoms with van der Waals surface area (Å²) < 4.78 is 1.82. The van der Waals surface area contributed by atoms with Gasteiger partial charge in [-0.25, -0.2) is 0 Å². The molecule has 5 aromatic heterocycles. The van der Waals surface area contributed by atoms with Gasteiger partial charge in [0.1, 0.15) is 5.82 Å². The normalized spacial score (nSPS) is 10.3. The molecule has 0 aliphatic heterocycles. The first kappa shape index (κ1) is 117. The van der Waals surface area contributed by atoms with Crippen molar-refractivity contribution >= 4 is 21.5 Å². The smallest absolute Gasteiger partial charge is 0.358 e. The van der Waals surface area contributed by atoms with Crippen molar-refractivity contribution in [3.8, 4) is 56.4 Å². The fraction of sp³-hybridized carbons (Fsp3) is 0.389. The molecule has 119 heavy (non-hydrogen) atoms. The zero-order valence-electron chi connectivity index (χ0n) is 82.5. The van der Waals surface area contributed by atoms with Crippen molar-refractivity contribution in [2.75, 3.05) is 0 Å². The molecule has 7 nitrogen and oxygen atoms in total. The van der Waals surface area contributed by atoms with Crippen LogP contribution in [0.5, 0.6) is 0 Å². The van der Waals surface area contributed by atoms with Crippen LogP contribution in [0.15, 0.2) is 0 Å². The van der Waals surface area contributed by atoms with Crippen molar-refractivity contribution in [3.63, 3.8) is 0 Å². The van der Waals surface area contributed by atoms with E-state index in [2.05, 4.69) is 317 Å². The van der Waals surface area contributed by atoms with Gasteiger partial charge < -0.3 is 64.5 Å². The Labute approximate surface area is 781 Å². The van der Waals surface area contributed by atoms with Crippen molar-refractivity contribution in [3.05, 3.63) is 304 Å². The number of hydrogen-bond acceptors (Lipinski definition) is 6. The molecule has 12 rings (SSSR count). The van der Waals surface area contributed by atoms with Crippen molar-refractivity contribution < 1.29 is 80.4 Å².